The Morgan fingerprint density at radius 1 is 1.00 bits per heavy atom. The van der Waals surface area contributed by atoms with E-state index in [9.17, 15) is 13.2 Å². The number of amides is 1. The lowest BCUT2D eigenvalue weighted by molar-refractivity contribution is -0.126. The molecule has 0 radical (unpaired) electrons. The minimum Gasteiger partial charge on any atom is -0.457 e. The lowest BCUT2D eigenvalue weighted by Gasteiger charge is -2.30. The fourth-order valence-electron chi connectivity index (χ4n) is 3.68. The number of pyridine rings is 1. The van der Waals surface area contributed by atoms with E-state index in [1.807, 2.05) is 54.6 Å². The normalized spacial score (nSPS) is 15.2. The van der Waals surface area contributed by atoms with Crippen LogP contribution in [0.3, 0.4) is 0 Å². The number of nitrogens with zero attached hydrogens (tertiary/aromatic N) is 2. The summed E-state index contributed by atoms with van der Waals surface area (Å²) in [5.74, 6) is 1.19. The van der Waals surface area contributed by atoms with Crippen molar-refractivity contribution in [1.82, 2.24) is 14.6 Å². The Bertz CT molecular complexity index is 1150. The summed E-state index contributed by atoms with van der Waals surface area (Å²) in [4.78, 5) is 16.7. The first-order valence-electron chi connectivity index (χ1n) is 10.5. The summed E-state index contributed by atoms with van der Waals surface area (Å²) in [6.07, 6.45) is 3.87. The average Bonchev–Trinajstić information content (AvgIpc) is 2.84. The second kappa shape index (κ2) is 9.93. The summed E-state index contributed by atoms with van der Waals surface area (Å²) in [6.45, 7) is 1.02. The number of hydrogen-bond acceptors (Lipinski definition) is 5. The van der Waals surface area contributed by atoms with Gasteiger partial charge < -0.3 is 10.1 Å². The number of nitrogens with one attached hydrogen (secondary N) is 1. The molecule has 0 saturated carbocycles. The van der Waals surface area contributed by atoms with E-state index in [1.165, 1.54) is 16.6 Å². The highest BCUT2D eigenvalue weighted by Gasteiger charge is 2.32. The second-order valence-electron chi connectivity index (χ2n) is 7.65. The van der Waals surface area contributed by atoms with Crippen LogP contribution in [0.25, 0.3) is 0 Å². The molecule has 32 heavy (non-hydrogen) atoms. The smallest absolute Gasteiger partial charge is 0.244 e. The third-order valence-corrected chi connectivity index (χ3v) is 7.32. The summed E-state index contributed by atoms with van der Waals surface area (Å²) in [5.41, 5.74) is 0.934. The third kappa shape index (κ3) is 5.33. The molecule has 8 heteroatoms. The standard InChI is InChI=1S/C24H25N3O4S/c28-24(20-11-14-27(15-12-20)32(29,30)23-10-5-13-25-18-23)26-17-19-6-4-9-22(16-19)31-21-7-2-1-3-8-21/h1-10,13,16,18,20H,11-12,14-15,17H2,(H,26,28). The molecule has 166 valence electrons. The van der Waals surface area contributed by atoms with Gasteiger partial charge in [0.2, 0.25) is 15.9 Å². The largest absolute Gasteiger partial charge is 0.457 e. The predicted molar refractivity (Wildman–Crippen MR) is 121 cm³/mol. The molecule has 0 bridgehead atoms. The van der Waals surface area contributed by atoms with Gasteiger partial charge in [-0.1, -0.05) is 30.3 Å². The molecule has 0 spiro atoms. The average molecular weight is 452 g/mol. The minimum atomic E-state index is -3.57. The number of aromatic nitrogens is 1. The van der Waals surface area contributed by atoms with Gasteiger partial charge in [0.15, 0.2) is 0 Å². The maximum absolute atomic E-state index is 12.7. The van der Waals surface area contributed by atoms with Gasteiger partial charge in [-0.3, -0.25) is 9.78 Å². The van der Waals surface area contributed by atoms with Gasteiger partial charge in [0.1, 0.15) is 16.4 Å². The van der Waals surface area contributed by atoms with Crippen molar-refractivity contribution in [3.05, 3.63) is 84.7 Å². The molecular weight excluding hydrogens is 426 g/mol. The molecule has 0 unspecified atom stereocenters. The molecule has 1 saturated heterocycles. The first-order valence-corrected chi connectivity index (χ1v) is 12.0. The zero-order valence-electron chi connectivity index (χ0n) is 17.6. The molecule has 0 aliphatic carbocycles. The zero-order chi connectivity index (χ0) is 22.4. The van der Waals surface area contributed by atoms with Crippen LogP contribution in [-0.2, 0) is 21.4 Å². The zero-order valence-corrected chi connectivity index (χ0v) is 18.4. The maximum Gasteiger partial charge on any atom is 0.244 e. The minimum absolute atomic E-state index is 0.0576. The molecule has 1 aliphatic heterocycles. The number of hydrogen-bond donors (Lipinski definition) is 1. The Hall–Kier alpha value is -3.23. The first kappa shape index (κ1) is 22.0. The highest BCUT2D eigenvalue weighted by atomic mass is 32.2. The Morgan fingerprint density at radius 3 is 2.47 bits per heavy atom. The van der Waals surface area contributed by atoms with Crippen molar-refractivity contribution in [2.75, 3.05) is 13.1 Å². The Kier molecular flexibility index (Phi) is 6.82. The van der Waals surface area contributed by atoms with Crippen LogP contribution < -0.4 is 10.1 Å². The highest BCUT2D eigenvalue weighted by Crippen LogP contribution is 2.24. The Labute approximate surface area is 188 Å². The lowest BCUT2D eigenvalue weighted by atomic mass is 9.97. The fourth-order valence-corrected chi connectivity index (χ4v) is 5.12. The van der Waals surface area contributed by atoms with E-state index in [0.29, 0.717) is 38.2 Å². The van der Waals surface area contributed by atoms with Crippen molar-refractivity contribution in [2.24, 2.45) is 5.92 Å². The molecule has 1 N–H and O–H groups in total. The summed E-state index contributed by atoms with van der Waals surface area (Å²) < 4.78 is 32.7. The van der Waals surface area contributed by atoms with E-state index in [-0.39, 0.29) is 16.7 Å². The topological polar surface area (TPSA) is 88.6 Å². The molecule has 1 amide bonds. The van der Waals surface area contributed by atoms with Crippen molar-refractivity contribution in [3.63, 3.8) is 0 Å². The van der Waals surface area contributed by atoms with Crippen LogP contribution in [-0.4, -0.2) is 36.7 Å². The molecular formula is C24H25N3O4S. The van der Waals surface area contributed by atoms with Gasteiger partial charge in [0.05, 0.1) is 0 Å². The van der Waals surface area contributed by atoms with Gasteiger partial charge in [0, 0.05) is 37.9 Å². The van der Waals surface area contributed by atoms with Gasteiger partial charge in [-0.25, -0.2) is 8.42 Å². The van der Waals surface area contributed by atoms with E-state index in [2.05, 4.69) is 10.3 Å². The van der Waals surface area contributed by atoms with Gasteiger partial charge in [-0.15, -0.1) is 0 Å². The van der Waals surface area contributed by atoms with Crippen molar-refractivity contribution >= 4 is 15.9 Å². The summed E-state index contributed by atoms with van der Waals surface area (Å²) in [5, 5.41) is 2.97. The molecule has 1 aromatic heterocycles. The third-order valence-electron chi connectivity index (χ3n) is 5.44. The van der Waals surface area contributed by atoms with Crippen LogP contribution in [0.5, 0.6) is 11.5 Å². The molecule has 1 aliphatic rings. The molecule has 0 atom stereocenters. The first-order chi connectivity index (χ1) is 15.5. The van der Waals surface area contributed by atoms with Crippen LogP contribution in [0.2, 0.25) is 0 Å². The summed E-state index contributed by atoms with van der Waals surface area (Å²) in [6, 6.07) is 20.3. The molecule has 2 aromatic carbocycles. The summed E-state index contributed by atoms with van der Waals surface area (Å²) >= 11 is 0. The van der Waals surface area contributed by atoms with Gasteiger partial charge in [-0.05, 0) is 54.8 Å². The Balaban J connectivity index is 1.29. The van der Waals surface area contributed by atoms with Crippen molar-refractivity contribution in [3.8, 4) is 11.5 Å². The van der Waals surface area contributed by atoms with E-state index >= 15 is 0 Å². The number of carbonyl (C=O) groups is 1. The van der Waals surface area contributed by atoms with Crippen molar-refractivity contribution < 1.29 is 17.9 Å². The van der Waals surface area contributed by atoms with E-state index in [0.717, 1.165) is 11.3 Å². The number of sulfonamides is 1. The number of ether oxygens (including phenoxy) is 1. The van der Waals surface area contributed by atoms with Crippen LogP contribution in [0.4, 0.5) is 0 Å². The number of carbonyl (C=O) groups excluding carboxylic acids is 1. The summed E-state index contributed by atoms with van der Waals surface area (Å²) in [7, 11) is -3.57. The Morgan fingerprint density at radius 2 is 1.75 bits per heavy atom. The fraction of sp³-hybridized carbons (Fsp3) is 0.250. The number of rotatable bonds is 7. The molecule has 2 heterocycles. The molecule has 1 fully saturated rings. The van der Waals surface area contributed by atoms with Crippen LogP contribution in [0, 0.1) is 5.92 Å². The quantitative estimate of drug-likeness (QED) is 0.593. The van der Waals surface area contributed by atoms with E-state index in [4.69, 9.17) is 4.74 Å². The molecule has 4 rings (SSSR count). The van der Waals surface area contributed by atoms with E-state index < -0.39 is 10.0 Å². The maximum atomic E-state index is 12.7. The number of benzene rings is 2. The van der Waals surface area contributed by atoms with Gasteiger partial charge in [0.25, 0.3) is 0 Å². The predicted octanol–water partition coefficient (Wildman–Crippen LogP) is 3.59. The van der Waals surface area contributed by atoms with Crippen LogP contribution in [0.15, 0.2) is 84.0 Å². The lowest BCUT2D eigenvalue weighted by Crippen LogP contribution is -2.42. The highest BCUT2D eigenvalue weighted by molar-refractivity contribution is 7.89. The monoisotopic (exact) mass is 451 g/mol. The van der Waals surface area contributed by atoms with Crippen molar-refractivity contribution in [2.45, 2.75) is 24.3 Å². The molecule has 3 aromatic rings. The van der Waals surface area contributed by atoms with E-state index in [1.54, 1.807) is 12.3 Å². The molecule has 7 nitrogen and oxygen atoms in total. The number of piperidine rings is 1. The van der Waals surface area contributed by atoms with Gasteiger partial charge >= 0.3 is 0 Å². The van der Waals surface area contributed by atoms with Crippen LogP contribution >= 0.6 is 0 Å². The van der Waals surface area contributed by atoms with Gasteiger partial charge in [-0.2, -0.15) is 4.31 Å². The van der Waals surface area contributed by atoms with Crippen LogP contribution in [0.1, 0.15) is 18.4 Å². The number of para-hydroxylation sites is 1. The second-order valence-corrected chi connectivity index (χ2v) is 9.59. The van der Waals surface area contributed by atoms with Crippen molar-refractivity contribution in [1.29, 1.82) is 0 Å². The SMILES string of the molecule is O=C(NCc1cccc(Oc2ccccc2)c1)C1CCN(S(=O)(=O)c2cccnc2)CC1.